The van der Waals surface area contributed by atoms with Crippen molar-refractivity contribution in [3.8, 4) is 0 Å². The molecule has 0 fully saturated rings. The van der Waals surface area contributed by atoms with Gasteiger partial charge in [-0.25, -0.2) is 4.79 Å². The summed E-state index contributed by atoms with van der Waals surface area (Å²) in [6.07, 6.45) is 0. The van der Waals surface area contributed by atoms with E-state index in [9.17, 15) is 14.4 Å². The number of hydrogen-bond acceptors (Lipinski definition) is 3. The maximum absolute atomic E-state index is 12.1. The van der Waals surface area contributed by atoms with Crippen LogP contribution in [0.3, 0.4) is 0 Å². The van der Waals surface area contributed by atoms with Crippen LogP contribution in [0, 0.1) is 0 Å². The highest BCUT2D eigenvalue weighted by Crippen LogP contribution is 2.23. The molecule has 1 aliphatic rings. The van der Waals surface area contributed by atoms with Crippen molar-refractivity contribution in [3.05, 3.63) is 64.7 Å². The standard InChI is InChI=1S/C15H9ClN2O3/c16-9-4-3-5-10(8-9)17-15(21)18-13(19)11-6-1-2-7-12(11)14(18)20/h1-8H,(H,17,21). The molecule has 0 spiro atoms. The highest BCUT2D eigenvalue weighted by Gasteiger charge is 2.39. The zero-order valence-electron chi connectivity index (χ0n) is 10.7. The topological polar surface area (TPSA) is 66.5 Å². The highest BCUT2D eigenvalue weighted by molar-refractivity contribution is 6.31. The van der Waals surface area contributed by atoms with E-state index in [4.69, 9.17) is 11.6 Å². The van der Waals surface area contributed by atoms with E-state index in [0.29, 0.717) is 15.6 Å². The van der Waals surface area contributed by atoms with Gasteiger partial charge < -0.3 is 5.32 Å². The van der Waals surface area contributed by atoms with Crippen LogP contribution in [-0.4, -0.2) is 22.7 Å². The summed E-state index contributed by atoms with van der Waals surface area (Å²) in [6.45, 7) is 0. The van der Waals surface area contributed by atoms with Gasteiger partial charge in [-0.1, -0.05) is 29.8 Å². The summed E-state index contributed by atoms with van der Waals surface area (Å²) in [5.41, 5.74) is 0.858. The Hall–Kier alpha value is -2.66. The largest absolute Gasteiger partial charge is 0.336 e. The SMILES string of the molecule is O=C(Nc1cccc(Cl)c1)N1C(=O)c2ccccc2C1=O. The van der Waals surface area contributed by atoms with E-state index in [1.807, 2.05) is 0 Å². The second-order valence-electron chi connectivity index (χ2n) is 4.43. The third kappa shape index (κ3) is 2.28. The molecule has 1 heterocycles. The lowest BCUT2D eigenvalue weighted by molar-refractivity contribution is 0.0713. The number of fused-ring (bicyclic) bond motifs is 1. The van der Waals surface area contributed by atoms with Gasteiger partial charge in [-0.2, -0.15) is 4.90 Å². The van der Waals surface area contributed by atoms with Gasteiger partial charge in [-0.05, 0) is 30.3 Å². The summed E-state index contributed by atoms with van der Waals surface area (Å²) >= 11 is 5.82. The molecule has 6 heteroatoms. The zero-order valence-corrected chi connectivity index (χ0v) is 11.4. The summed E-state index contributed by atoms with van der Waals surface area (Å²) in [5.74, 6) is -1.26. The van der Waals surface area contributed by atoms with Gasteiger partial charge in [0.2, 0.25) is 0 Å². The van der Waals surface area contributed by atoms with E-state index < -0.39 is 17.8 Å². The van der Waals surface area contributed by atoms with Gasteiger partial charge in [-0.3, -0.25) is 9.59 Å². The molecule has 0 saturated carbocycles. The molecular weight excluding hydrogens is 292 g/mol. The summed E-state index contributed by atoms with van der Waals surface area (Å²) in [7, 11) is 0. The van der Waals surface area contributed by atoms with Crippen molar-refractivity contribution in [3.63, 3.8) is 0 Å². The molecular formula is C15H9ClN2O3. The van der Waals surface area contributed by atoms with Crippen LogP contribution in [0.2, 0.25) is 5.02 Å². The fourth-order valence-corrected chi connectivity index (χ4v) is 2.31. The van der Waals surface area contributed by atoms with Gasteiger partial charge in [-0.15, -0.1) is 0 Å². The smallest absolute Gasteiger partial charge is 0.307 e. The Morgan fingerprint density at radius 2 is 1.57 bits per heavy atom. The van der Waals surface area contributed by atoms with Crippen LogP contribution >= 0.6 is 11.6 Å². The second-order valence-corrected chi connectivity index (χ2v) is 4.87. The van der Waals surface area contributed by atoms with E-state index in [1.165, 1.54) is 18.2 Å². The van der Waals surface area contributed by atoms with Crippen LogP contribution in [0.5, 0.6) is 0 Å². The van der Waals surface area contributed by atoms with Gasteiger partial charge >= 0.3 is 6.03 Å². The molecule has 21 heavy (non-hydrogen) atoms. The van der Waals surface area contributed by atoms with Gasteiger partial charge in [0.15, 0.2) is 0 Å². The van der Waals surface area contributed by atoms with Crippen LogP contribution in [0.25, 0.3) is 0 Å². The minimum atomic E-state index is -0.802. The van der Waals surface area contributed by atoms with Crippen LogP contribution in [-0.2, 0) is 0 Å². The van der Waals surface area contributed by atoms with E-state index in [0.717, 1.165) is 0 Å². The number of amides is 4. The predicted molar refractivity (Wildman–Crippen MR) is 77.4 cm³/mol. The lowest BCUT2D eigenvalue weighted by atomic mass is 10.1. The van der Waals surface area contributed by atoms with Gasteiger partial charge in [0, 0.05) is 10.7 Å². The minimum absolute atomic E-state index is 0.226. The van der Waals surface area contributed by atoms with Gasteiger partial charge in [0.25, 0.3) is 11.8 Å². The lowest BCUT2D eigenvalue weighted by Crippen LogP contribution is -2.39. The molecule has 1 N–H and O–H groups in total. The third-order valence-electron chi connectivity index (χ3n) is 3.07. The Kier molecular flexibility index (Phi) is 3.19. The number of carbonyl (C=O) groups excluding carboxylic acids is 3. The minimum Gasteiger partial charge on any atom is -0.307 e. The summed E-state index contributed by atoms with van der Waals surface area (Å²) in [6, 6.07) is 12.0. The van der Waals surface area contributed by atoms with Crippen molar-refractivity contribution in [2.24, 2.45) is 0 Å². The Labute approximate surface area is 125 Å². The number of imide groups is 3. The van der Waals surface area contributed by atoms with Gasteiger partial charge in [0.1, 0.15) is 0 Å². The fraction of sp³-hybridized carbons (Fsp3) is 0. The third-order valence-corrected chi connectivity index (χ3v) is 3.31. The van der Waals surface area contributed by atoms with Crippen LogP contribution < -0.4 is 5.32 Å². The molecule has 0 aliphatic carbocycles. The Morgan fingerprint density at radius 1 is 0.952 bits per heavy atom. The molecule has 0 radical (unpaired) electrons. The molecule has 1 aliphatic heterocycles. The molecule has 5 nitrogen and oxygen atoms in total. The molecule has 0 unspecified atom stereocenters. The van der Waals surface area contributed by atoms with Gasteiger partial charge in [0.05, 0.1) is 11.1 Å². The van der Waals surface area contributed by atoms with Crippen molar-refractivity contribution in [2.75, 3.05) is 5.32 Å². The van der Waals surface area contributed by atoms with Crippen LogP contribution in [0.4, 0.5) is 10.5 Å². The predicted octanol–water partition coefficient (Wildman–Crippen LogP) is 3.17. The number of benzene rings is 2. The van der Waals surface area contributed by atoms with Crippen molar-refractivity contribution in [2.45, 2.75) is 0 Å². The molecule has 0 saturated heterocycles. The molecule has 104 valence electrons. The Bertz CT molecular complexity index is 738. The number of hydrogen-bond donors (Lipinski definition) is 1. The Morgan fingerprint density at radius 3 is 2.14 bits per heavy atom. The molecule has 2 aromatic rings. The number of anilines is 1. The number of nitrogens with one attached hydrogen (secondary N) is 1. The molecule has 3 rings (SSSR count). The summed E-state index contributed by atoms with van der Waals surface area (Å²) in [4.78, 5) is 37.0. The van der Waals surface area contributed by atoms with E-state index in [2.05, 4.69) is 5.32 Å². The first-order valence-corrected chi connectivity index (χ1v) is 6.50. The van der Waals surface area contributed by atoms with E-state index in [1.54, 1.807) is 30.3 Å². The van der Waals surface area contributed by atoms with Crippen molar-refractivity contribution < 1.29 is 14.4 Å². The number of nitrogens with zero attached hydrogens (tertiary/aromatic N) is 1. The van der Waals surface area contributed by atoms with Crippen LogP contribution in [0.15, 0.2) is 48.5 Å². The number of halogens is 1. The quantitative estimate of drug-likeness (QED) is 0.823. The number of carbonyl (C=O) groups is 3. The second kappa shape index (κ2) is 5.03. The fourth-order valence-electron chi connectivity index (χ4n) is 2.12. The first kappa shape index (κ1) is 13.3. The van der Waals surface area contributed by atoms with Crippen LogP contribution in [0.1, 0.15) is 20.7 Å². The maximum atomic E-state index is 12.1. The average Bonchev–Trinajstić information content (AvgIpc) is 2.71. The maximum Gasteiger partial charge on any atom is 0.336 e. The first-order valence-electron chi connectivity index (χ1n) is 6.12. The van der Waals surface area contributed by atoms with Crippen molar-refractivity contribution in [1.29, 1.82) is 0 Å². The summed E-state index contributed by atoms with van der Waals surface area (Å²) < 4.78 is 0. The van der Waals surface area contributed by atoms with Crippen molar-refractivity contribution >= 4 is 35.1 Å². The Balaban J connectivity index is 1.87. The molecule has 0 bridgehead atoms. The lowest BCUT2D eigenvalue weighted by Gasteiger charge is -2.13. The van der Waals surface area contributed by atoms with E-state index in [-0.39, 0.29) is 11.1 Å². The first-order chi connectivity index (χ1) is 10.1. The molecule has 2 aromatic carbocycles. The summed E-state index contributed by atoms with van der Waals surface area (Å²) in [5, 5.41) is 2.92. The molecule has 4 amide bonds. The number of rotatable bonds is 1. The molecule has 0 atom stereocenters. The normalized spacial score (nSPS) is 13.3. The number of urea groups is 1. The zero-order chi connectivity index (χ0) is 15.0. The van der Waals surface area contributed by atoms with Crippen molar-refractivity contribution in [1.82, 2.24) is 4.90 Å². The van der Waals surface area contributed by atoms with E-state index >= 15 is 0 Å². The average molecular weight is 301 g/mol. The molecule has 0 aromatic heterocycles. The highest BCUT2D eigenvalue weighted by atomic mass is 35.5. The monoisotopic (exact) mass is 300 g/mol.